The van der Waals surface area contributed by atoms with E-state index in [9.17, 15) is 9.59 Å². The number of carbonyl (C=O) groups is 1. The zero-order valence-electron chi connectivity index (χ0n) is 11.1. The van der Waals surface area contributed by atoms with Crippen molar-refractivity contribution in [1.82, 2.24) is 0 Å². The smallest absolute Gasteiger partial charge is 0.352 e. The zero-order valence-corrected chi connectivity index (χ0v) is 13.4. The quantitative estimate of drug-likeness (QED) is 0.619. The van der Waals surface area contributed by atoms with Crippen molar-refractivity contribution >= 4 is 40.9 Å². The Balaban J connectivity index is 2.62. The van der Waals surface area contributed by atoms with E-state index in [0.717, 1.165) is 0 Å². The molecule has 0 bridgehead atoms. The van der Waals surface area contributed by atoms with Crippen LogP contribution in [0.15, 0.2) is 38.4 Å². The second-order valence-electron chi connectivity index (χ2n) is 3.96. The van der Waals surface area contributed by atoms with Crippen molar-refractivity contribution in [2.45, 2.75) is 4.90 Å². The van der Waals surface area contributed by atoms with Crippen molar-refractivity contribution in [3.63, 3.8) is 0 Å². The Hall–Kier alpha value is -1.43. The fourth-order valence-electron chi connectivity index (χ4n) is 1.71. The van der Waals surface area contributed by atoms with E-state index in [1.165, 1.54) is 18.9 Å². The summed E-state index contributed by atoms with van der Waals surface area (Å²) in [4.78, 5) is 24.1. The van der Waals surface area contributed by atoms with Gasteiger partial charge < -0.3 is 9.15 Å². The van der Waals surface area contributed by atoms with Gasteiger partial charge in [-0.25, -0.2) is 9.59 Å². The van der Waals surface area contributed by atoms with Crippen molar-refractivity contribution in [2.24, 2.45) is 0 Å². The average Bonchev–Trinajstić information content (AvgIpc) is 2.48. The number of rotatable bonds is 3. The first kappa shape index (κ1) is 15.9. The fourth-order valence-corrected chi connectivity index (χ4v) is 2.60. The van der Waals surface area contributed by atoms with Crippen LogP contribution in [0.5, 0.6) is 0 Å². The number of thioether (sulfide) groups is 1. The molecule has 0 amide bonds. The minimum absolute atomic E-state index is 0.117. The number of ether oxygens (including phenoxy) is 1. The molecule has 0 atom stereocenters. The van der Waals surface area contributed by atoms with Gasteiger partial charge in [-0.2, -0.15) is 0 Å². The summed E-state index contributed by atoms with van der Waals surface area (Å²) in [7, 11) is 1.21. The van der Waals surface area contributed by atoms with Crippen molar-refractivity contribution in [1.29, 1.82) is 0 Å². The number of halogens is 2. The van der Waals surface area contributed by atoms with E-state index < -0.39 is 11.6 Å². The molecule has 0 saturated carbocycles. The van der Waals surface area contributed by atoms with Crippen LogP contribution in [0, 0.1) is 0 Å². The van der Waals surface area contributed by atoms with E-state index in [1.54, 1.807) is 30.5 Å². The van der Waals surface area contributed by atoms with Gasteiger partial charge in [0.05, 0.1) is 17.2 Å². The summed E-state index contributed by atoms with van der Waals surface area (Å²) in [6.45, 7) is 0. The molecular formula is C14H10Cl2O4S. The third kappa shape index (κ3) is 3.26. The first-order valence-electron chi connectivity index (χ1n) is 5.73. The molecular weight excluding hydrogens is 335 g/mol. The standard InChI is InChI=1S/C14H10Cl2O4S/c1-19-13(17)12-11(21-2)6-10(20-14(12)18)7-3-4-8(15)9(16)5-7/h3-6H,1-2H3. The van der Waals surface area contributed by atoms with Gasteiger partial charge in [0.25, 0.3) is 0 Å². The van der Waals surface area contributed by atoms with Crippen LogP contribution in [0.3, 0.4) is 0 Å². The summed E-state index contributed by atoms with van der Waals surface area (Å²) in [6.07, 6.45) is 1.75. The van der Waals surface area contributed by atoms with Crippen LogP contribution in [0.1, 0.15) is 10.4 Å². The van der Waals surface area contributed by atoms with Gasteiger partial charge in [-0.05, 0) is 30.5 Å². The molecule has 0 spiro atoms. The Morgan fingerprint density at radius 2 is 1.95 bits per heavy atom. The van der Waals surface area contributed by atoms with E-state index >= 15 is 0 Å². The molecule has 7 heteroatoms. The molecule has 0 aliphatic rings. The molecule has 1 aromatic carbocycles. The highest BCUT2D eigenvalue weighted by Gasteiger charge is 2.20. The van der Waals surface area contributed by atoms with Crippen molar-refractivity contribution in [3.05, 3.63) is 50.3 Å². The van der Waals surface area contributed by atoms with Crippen molar-refractivity contribution in [3.8, 4) is 11.3 Å². The third-order valence-corrected chi connectivity index (χ3v) is 4.23. The Kier molecular flexibility index (Phi) is 4.98. The highest BCUT2D eigenvalue weighted by Crippen LogP contribution is 2.30. The summed E-state index contributed by atoms with van der Waals surface area (Å²) < 4.78 is 9.77. The molecule has 0 radical (unpaired) electrons. The molecule has 0 fully saturated rings. The number of hydrogen-bond acceptors (Lipinski definition) is 5. The summed E-state index contributed by atoms with van der Waals surface area (Å²) in [6, 6.07) is 6.46. The lowest BCUT2D eigenvalue weighted by Crippen LogP contribution is -2.17. The maximum Gasteiger partial charge on any atom is 0.352 e. The van der Waals surface area contributed by atoms with Crippen molar-refractivity contribution in [2.75, 3.05) is 13.4 Å². The minimum Gasteiger partial charge on any atom is -0.465 e. The third-order valence-electron chi connectivity index (χ3n) is 2.73. The number of benzene rings is 1. The molecule has 110 valence electrons. The van der Waals surface area contributed by atoms with Gasteiger partial charge in [0, 0.05) is 10.5 Å². The van der Waals surface area contributed by atoms with Gasteiger partial charge in [0.2, 0.25) is 0 Å². The normalized spacial score (nSPS) is 10.5. The molecule has 4 nitrogen and oxygen atoms in total. The lowest BCUT2D eigenvalue weighted by atomic mass is 10.1. The topological polar surface area (TPSA) is 56.5 Å². The zero-order chi connectivity index (χ0) is 15.6. The molecule has 0 N–H and O–H groups in total. The van der Waals surface area contributed by atoms with E-state index in [0.29, 0.717) is 26.3 Å². The van der Waals surface area contributed by atoms with Crippen LogP contribution in [-0.4, -0.2) is 19.3 Å². The SMILES string of the molecule is COC(=O)c1c(SC)cc(-c2ccc(Cl)c(Cl)c2)oc1=O. The molecule has 1 aromatic heterocycles. The second-order valence-corrected chi connectivity index (χ2v) is 5.62. The molecule has 1 heterocycles. The van der Waals surface area contributed by atoms with Gasteiger partial charge >= 0.3 is 11.6 Å². The van der Waals surface area contributed by atoms with Crippen LogP contribution in [0.2, 0.25) is 10.0 Å². The van der Waals surface area contributed by atoms with Gasteiger partial charge in [0.1, 0.15) is 5.76 Å². The van der Waals surface area contributed by atoms with E-state index in [-0.39, 0.29) is 5.56 Å². The molecule has 0 aliphatic heterocycles. The Bertz CT molecular complexity index is 755. The van der Waals surface area contributed by atoms with Crippen LogP contribution in [-0.2, 0) is 4.74 Å². The molecule has 0 unspecified atom stereocenters. The monoisotopic (exact) mass is 344 g/mol. The highest BCUT2D eigenvalue weighted by atomic mass is 35.5. The Morgan fingerprint density at radius 1 is 1.24 bits per heavy atom. The maximum absolute atomic E-state index is 12.0. The van der Waals surface area contributed by atoms with Crippen LogP contribution in [0.25, 0.3) is 11.3 Å². The summed E-state index contributed by atoms with van der Waals surface area (Å²) in [5, 5.41) is 0.749. The van der Waals surface area contributed by atoms with Gasteiger partial charge in [-0.1, -0.05) is 23.2 Å². The highest BCUT2D eigenvalue weighted by molar-refractivity contribution is 7.98. The second kappa shape index (κ2) is 6.56. The molecule has 2 rings (SSSR count). The fraction of sp³-hybridized carbons (Fsp3) is 0.143. The van der Waals surface area contributed by atoms with Crippen LogP contribution in [0.4, 0.5) is 0 Å². The first-order chi connectivity index (χ1) is 9.97. The maximum atomic E-state index is 12.0. The molecule has 0 saturated heterocycles. The number of esters is 1. The molecule has 0 aliphatic carbocycles. The minimum atomic E-state index is -0.755. The summed E-state index contributed by atoms with van der Waals surface area (Å²) >= 11 is 13.1. The predicted molar refractivity (Wildman–Crippen MR) is 83.6 cm³/mol. The van der Waals surface area contributed by atoms with Gasteiger partial charge in [0.15, 0.2) is 5.56 Å². The van der Waals surface area contributed by atoms with E-state index in [4.69, 9.17) is 27.6 Å². The number of methoxy groups -OCH3 is 1. The Morgan fingerprint density at radius 3 is 2.52 bits per heavy atom. The van der Waals surface area contributed by atoms with Crippen molar-refractivity contribution < 1.29 is 13.9 Å². The largest absolute Gasteiger partial charge is 0.465 e. The molecule has 21 heavy (non-hydrogen) atoms. The first-order valence-corrected chi connectivity index (χ1v) is 7.72. The van der Waals surface area contributed by atoms with Crippen LogP contribution >= 0.6 is 35.0 Å². The summed E-state index contributed by atoms with van der Waals surface area (Å²) in [5.41, 5.74) is -0.281. The lowest BCUT2D eigenvalue weighted by molar-refractivity contribution is 0.0591. The number of hydrogen-bond donors (Lipinski definition) is 0. The van der Waals surface area contributed by atoms with E-state index in [1.807, 2.05) is 0 Å². The van der Waals surface area contributed by atoms with Crippen LogP contribution < -0.4 is 5.63 Å². The average molecular weight is 345 g/mol. The number of carbonyl (C=O) groups excluding carboxylic acids is 1. The summed E-state index contributed by atoms with van der Waals surface area (Å²) in [5.74, 6) is -0.427. The lowest BCUT2D eigenvalue weighted by Gasteiger charge is -2.07. The van der Waals surface area contributed by atoms with Gasteiger partial charge in [-0.3, -0.25) is 0 Å². The van der Waals surface area contributed by atoms with Gasteiger partial charge in [-0.15, -0.1) is 11.8 Å². The Labute approximate surface area is 135 Å². The van der Waals surface area contributed by atoms with E-state index in [2.05, 4.69) is 4.74 Å². The molecule has 2 aromatic rings. The predicted octanol–water partition coefficient (Wildman–Crippen LogP) is 4.12.